The lowest BCUT2D eigenvalue weighted by molar-refractivity contribution is 0.132. The van der Waals surface area contributed by atoms with Crippen LogP contribution in [0.1, 0.15) is 51.4 Å². The van der Waals surface area contributed by atoms with Crippen LogP contribution < -0.4 is 5.32 Å². The molecule has 1 atom stereocenters. The molecule has 3 aliphatic rings. The number of carbonyl (C=O) groups is 1. The number of nitrogens with one attached hydrogen (secondary N) is 1. The van der Waals surface area contributed by atoms with Gasteiger partial charge in [0.15, 0.2) is 0 Å². The molecule has 1 aromatic carbocycles. The van der Waals surface area contributed by atoms with Crippen LogP contribution in [-0.4, -0.2) is 73.9 Å². The lowest BCUT2D eigenvalue weighted by atomic mass is 10.0. The van der Waals surface area contributed by atoms with Gasteiger partial charge in [0.05, 0.1) is 4.90 Å². The van der Waals surface area contributed by atoms with E-state index in [9.17, 15) is 13.2 Å². The Balaban J connectivity index is 1.41. The summed E-state index contributed by atoms with van der Waals surface area (Å²) in [5.41, 5.74) is 0.541. The lowest BCUT2D eigenvalue weighted by Crippen LogP contribution is -2.50. The van der Waals surface area contributed by atoms with Gasteiger partial charge in [-0.3, -0.25) is 4.90 Å². The normalized spacial score (nSPS) is 24.5. The quantitative estimate of drug-likeness (QED) is 0.789. The third kappa shape index (κ3) is 4.98. The molecular weight excluding hydrogens is 400 g/mol. The summed E-state index contributed by atoms with van der Waals surface area (Å²) in [6, 6.07) is 7.01. The largest absolute Gasteiger partial charge is 0.323 e. The SMILES string of the molecule is O=C(Nc1cccc(S(=O)(=O)N2CCCCCC2)c1)N1CCC[C@@H](N2CCCC2)C1. The monoisotopic (exact) mass is 434 g/mol. The second kappa shape index (κ2) is 9.66. The molecule has 3 heterocycles. The number of likely N-dealkylation sites (tertiary alicyclic amines) is 2. The minimum Gasteiger partial charge on any atom is -0.323 e. The van der Waals surface area contributed by atoms with Crippen LogP contribution in [0.25, 0.3) is 0 Å². The van der Waals surface area contributed by atoms with Gasteiger partial charge in [-0.2, -0.15) is 4.31 Å². The maximum atomic E-state index is 13.1. The number of piperidine rings is 1. The summed E-state index contributed by atoms with van der Waals surface area (Å²) in [4.78, 5) is 17.5. The fraction of sp³-hybridized carbons (Fsp3) is 0.682. The van der Waals surface area contributed by atoms with Crippen LogP contribution in [0.4, 0.5) is 10.5 Å². The Labute approximate surface area is 180 Å². The predicted molar refractivity (Wildman–Crippen MR) is 118 cm³/mol. The van der Waals surface area contributed by atoms with Gasteiger partial charge >= 0.3 is 6.03 Å². The van der Waals surface area contributed by atoms with E-state index in [1.54, 1.807) is 28.6 Å². The second-order valence-electron chi connectivity index (χ2n) is 8.76. The average Bonchev–Trinajstić information content (AvgIpc) is 3.16. The van der Waals surface area contributed by atoms with E-state index in [0.717, 1.165) is 64.7 Å². The van der Waals surface area contributed by atoms with Gasteiger partial charge in [-0.1, -0.05) is 18.9 Å². The van der Waals surface area contributed by atoms with Crippen molar-refractivity contribution in [2.75, 3.05) is 44.6 Å². The fourth-order valence-electron chi connectivity index (χ4n) is 4.91. The number of nitrogens with zero attached hydrogens (tertiary/aromatic N) is 3. The number of hydrogen-bond donors (Lipinski definition) is 1. The number of benzene rings is 1. The highest BCUT2D eigenvalue weighted by Gasteiger charge is 2.30. The first-order chi connectivity index (χ1) is 14.5. The highest BCUT2D eigenvalue weighted by molar-refractivity contribution is 7.89. The molecule has 0 aromatic heterocycles. The molecule has 2 amide bonds. The molecule has 0 radical (unpaired) electrons. The number of anilines is 1. The maximum Gasteiger partial charge on any atom is 0.321 e. The average molecular weight is 435 g/mol. The van der Waals surface area contributed by atoms with Gasteiger partial charge in [-0.25, -0.2) is 13.2 Å². The molecule has 3 fully saturated rings. The molecule has 4 rings (SSSR count). The first-order valence-corrected chi connectivity index (χ1v) is 12.9. The van der Waals surface area contributed by atoms with Crippen molar-refractivity contribution in [1.82, 2.24) is 14.1 Å². The van der Waals surface area contributed by atoms with E-state index in [1.165, 1.54) is 12.8 Å². The molecule has 30 heavy (non-hydrogen) atoms. The van der Waals surface area contributed by atoms with Gasteiger partial charge in [-0.15, -0.1) is 0 Å². The zero-order valence-electron chi connectivity index (χ0n) is 17.8. The van der Waals surface area contributed by atoms with Crippen LogP contribution in [0.3, 0.4) is 0 Å². The molecule has 3 aliphatic heterocycles. The third-order valence-electron chi connectivity index (χ3n) is 6.63. The van der Waals surface area contributed by atoms with E-state index in [0.29, 0.717) is 24.8 Å². The Hall–Kier alpha value is -1.64. The molecule has 0 saturated carbocycles. The molecule has 3 saturated heterocycles. The van der Waals surface area contributed by atoms with Gasteiger partial charge in [0.25, 0.3) is 0 Å². The summed E-state index contributed by atoms with van der Waals surface area (Å²) < 4.78 is 27.7. The Morgan fingerprint density at radius 2 is 1.60 bits per heavy atom. The highest BCUT2D eigenvalue weighted by Crippen LogP contribution is 2.24. The second-order valence-corrected chi connectivity index (χ2v) is 10.7. The van der Waals surface area contributed by atoms with Gasteiger partial charge in [0.2, 0.25) is 10.0 Å². The molecule has 1 N–H and O–H groups in total. The van der Waals surface area contributed by atoms with E-state index < -0.39 is 10.0 Å². The molecular formula is C22H34N4O3S. The summed E-state index contributed by atoms with van der Waals surface area (Å²) in [5.74, 6) is 0. The van der Waals surface area contributed by atoms with Crippen LogP contribution in [0.2, 0.25) is 0 Å². The standard InChI is InChI=1S/C22H34N4O3S/c27-22(25-14-8-10-20(18-25)24-12-5-6-13-24)23-19-9-7-11-21(17-19)30(28,29)26-15-3-1-2-4-16-26/h7,9,11,17,20H,1-6,8,10,12-16,18H2,(H,23,27)/t20-/m1/s1. The van der Waals surface area contributed by atoms with Crippen molar-refractivity contribution >= 4 is 21.7 Å². The summed E-state index contributed by atoms with van der Waals surface area (Å²) in [6.07, 6.45) is 8.63. The van der Waals surface area contributed by atoms with E-state index in [-0.39, 0.29) is 10.9 Å². The number of hydrogen-bond acceptors (Lipinski definition) is 4. The van der Waals surface area contributed by atoms with Crippen LogP contribution in [-0.2, 0) is 10.0 Å². The summed E-state index contributed by atoms with van der Waals surface area (Å²) in [7, 11) is -3.53. The van der Waals surface area contributed by atoms with E-state index in [4.69, 9.17) is 0 Å². The molecule has 166 valence electrons. The van der Waals surface area contributed by atoms with Crippen molar-refractivity contribution < 1.29 is 13.2 Å². The smallest absolute Gasteiger partial charge is 0.321 e. The minimum absolute atomic E-state index is 0.136. The van der Waals surface area contributed by atoms with E-state index in [1.807, 2.05) is 4.90 Å². The van der Waals surface area contributed by atoms with Gasteiger partial charge < -0.3 is 10.2 Å². The number of amides is 2. The fourth-order valence-corrected chi connectivity index (χ4v) is 6.48. The van der Waals surface area contributed by atoms with Crippen LogP contribution in [0, 0.1) is 0 Å². The van der Waals surface area contributed by atoms with E-state index >= 15 is 0 Å². The predicted octanol–water partition coefficient (Wildman–Crippen LogP) is 3.34. The van der Waals surface area contributed by atoms with Crippen molar-refractivity contribution in [3.8, 4) is 0 Å². The zero-order chi connectivity index (χ0) is 21.0. The summed E-state index contributed by atoms with van der Waals surface area (Å²) in [5, 5.41) is 2.94. The number of urea groups is 1. The Bertz CT molecular complexity index is 831. The van der Waals surface area contributed by atoms with Crippen molar-refractivity contribution in [2.45, 2.75) is 62.3 Å². The highest BCUT2D eigenvalue weighted by atomic mass is 32.2. The molecule has 8 heteroatoms. The molecule has 1 aromatic rings. The maximum absolute atomic E-state index is 13.1. The van der Waals surface area contributed by atoms with Crippen molar-refractivity contribution in [1.29, 1.82) is 0 Å². The first-order valence-electron chi connectivity index (χ1n) is 11.4. The van der Waals surface area contributed by atoms with Crippen molar-refractivity contribution in [3.05, 3.63) is 24.3 Å². The Morgan fingerprint density at radius 1 is 0.900 bits per heavy atom. The third-order valence-corrected chi connectivity index (χ3v) is 8.52. The summed E-state index contributed by atoms with van der Waals surface area (Å²) in [6.45, 7) is 4.92. The zero-order valence-corrected chi connectivity index (χ0v) is 18.6. The molecule has 0 unspecified atom stereocenters. The van der Waals surface area contributed by atoms with Crippen LogP contribution in [0.5, 0.6) is 0 Å². The Kier molecular flexibility index (Phi) is 6.95. The number of carbonyl (C=O) groups excluding carboxylic acids is 1. The topological polar surface area (TPSA) is 73.0 Å². The Morgan fingerprint density at radius 3 is 2.33 bits per heavy atom. The van der Waals surface area contributed by atoms with Crippen LogP contribution >= 0.6 is 0 Å². The summed E-state index contributed by atoms with van der Waals surface area (Å²) >= 11 is 0. The van der Waals surface area contributed by atoms with Gasteiger partial charge in [0, 0.05) is 37.9 Å². The molecule has 7 nitrogen and oxygen atoms in total. The number of rotatable bonds is 4. The number of sulfonamides is 1. The van der Waals surface area contributed by atoms with Crippen molar-refractivity contribution in [3.63, 3.8) is 0 Å². The van der Waals surface area contributed by atoms with E-state index in [2.05, 4.69) is 10.2 Å². The molecule has 0 spiro atoms. The van der Waals surface area contributed by atoms with Crippen molar-refractivity contribution in [2.24, 2.45) is 0 Å². The van der Waals surface area contributed by atoms with Crippen LogP contribution in [0.15, 0.2) is 29.2 Å². The lowest BCUT2D eigenvalue weighted by Gasteiger charge is -2.37. The first kappa shape index (κ1) is 21.6. The molecule has 0 aliphatic carbocycles. The minimum atomic E-state index is -3.53. The van der Waals surface area contributed by atoms with Gasteiger partial charge in [0.1, 0.15) is 0 Å². The molecule has 0 bridgehead atoms. The van der Waals surface area contributed by atoms with Gasteiger partial charge in [-0.05, 0) is 69.8 Å².